The largest absolute Gasteiger partial charge is 0.342 e. The van der Waals surface area contributed by atoms with E-state index in [-0.39, 0.29) is 17.6 Å². The van der Waals surface area contributed by atoms with Crippen LogP contribution in [0, 0.1) is 5.92 Å². The van der Waals surface area contributed by atoms with Crippen LogP contribution < -0.4 is 5.32 Å². The molecule has 0 fully saturated rings. The molecule has 0 aliphatic rings. The first kappa shape index (κ1) is 16.0. The molecule has 1 atom stereocenters. The normalized spacial score (nSPS) is 12.0. The maximum Gasteiger partial charge on any atom is 0.251 e. The summed E-state index contributed by atoms with van der Waals surface area (Å²) >= 11 is 0. The first-order valence-corrected chi connectivity index (χ1v) is 7.51. The molecule has 2 aromatic carbocycles. The third-order valence-electron chi connectivity index (χ3n) is 3.54. The van der Waals surface area contributed by atoms with Gasteiger partial charge in [0.1, 0.15) is 0 Å². The Kier molecular flexibility index (Phi) is 5.48. The van der Waals surface area contributed by atoms with Crippen LogP contribution in [0.3, 0.4) is 0 Å². The van der Waals surface area contributed by atoms with Crippen molar-refractivity contribution in [3.8, 4) is 0 Å². The number of carbonyl (C=O) groups is 2. The third-order valence-corrected chi connectivity index (χ3v) is 3.54. The summed E-state index contributed by atoms with van der Waals surface area (Å²) in [5.74, 6) is -0.284. The van der Waals surface area contributed by atoms with Crippen molar-refractivity contribution in [1.82, 2.24) is 5.32 Å². The minimum atomic E-state index is -0.505. The molecule has 1 N–H and O–H groups in total. The van der Waals surface area contributed by atoms with Crippen LogP contribution in [0.25, 0.3) is 0 Å². The Bertz CT molecular complexity index is 620. The molecule has 0 aliphatic carbocycles. The van der Waals surface area contributed by atoms with Crippen LogP contribution in [-0.4, -0.2) is 17.7 Å². The highest BCUT2D eigenvalue weighted by molar-refractivity contribution is 5.98. The lowest BCUT2D eigenvalue weighted by atomic mass is 9.95. The van der Waals surface area contributed by atoms with Gasteiger partial charge >= 0.3 is 0 Å². The molecular weight excluding hydrogens is 274 g/mol. The van der Waals surface area contributed by atoms with Crippen LogP contribution >= 0.6 is 0 Å². The summed E-state index contributed by atoms with van der Waals surface area (Å²) in [5.41, 5.74) is 1.60. The predicted molar refractivity (Wildman–Crippen MR) is 87.7 cm³/mol. The molecule has 3 nitrogen and oxygen atoms in total. The number of carbonyl (C=O) groups excluding carboxylic acids is 2. The van der Waals surface area contributed by atoms with E-state index >= 15 is 0 Å². The van der Waals surface area contributed by atoms with Crippen LogP contribution in [-0.2, 0) is 11.2 Å². The molecule has 0 aliphatic heterocycles. The van der Waals surface area contributed by atoms with Gasteiger partial charge in [0, 0.05) is 11.5 Å². The van der Waals surface area contributed by atoms with Crippen molar-refractivity contribution < 1.29 is 9.59 Å². The number of benzene rings is 2. The molecule has 22 heavy (non-hydrogen) atoms. The fourth-order valence-electron chi connectivity index (χ4n) is 2.31. The monoisotopic (exact) mass is 295 g/mol. The molecule has 0 aromatic heterocycles. The molecule has 0 heterocycles. The van der Waals surface area contributed by atoms with E-state index in [0.29, 0.717) is 12.0 Å². The highest BCUT2D eigenvalue weighted by atomic mass is 16.2. The average Bonchev–Trinajstić information content (AvgIpc) is 2.55. The Hall–Kier alpha value is -2.42. The van der Waals surface area contributed by atoms with Crippen molar-refractivity contribution >= 4 is 11.7 Å². The van der Waals surface area contributed by atoms with E-state index < -0.39 is 6.04 Å². The first-order chi connectivity index (χ1) is 10.6. The quantitative estimate of drug-likeness (QED) is 0.889. The minimum absolute atomic E-state index is 0.0492. The molecule has 0 radical (unpaired) electrons. The van der Waals surface area contributed by atoms with E-state index in [2.05, 4.69) is 5.32 Å². The summed E-state index contributed by atoms with van der Waals surface area (Å²) in [4.78, 5) is 24.7. The average molecular weight is 295 g/mol. The van der Waals surface area contributed by atoms with Gasteiger partial charge in [-0.25, -0.2) is 0 Å². The molecule has 2 rings (SSSR count). The zero-order chi connectivity index (χ0) is 15.9. The summed E-state index contributed by atoms with van der Waals surface area (Å²) < 4.78 is 0. The number of Topliss-reactive ketones (excluding diaryl/α,β-unsaturated/α-hetero) is 1. The summed E-state index contributed by atoms with van der Waals surface area (Å²) in [6.07, 6.45) is 0.510. The molecule has 3 heteroatoms. The Labute approximate surface area is 131 Å². The number of hydrogen-bond donors (Lipinski definition) is 1. The van der Waals surface area contributed by atoms with Gasteiger partial charge in [-0.1, -0.05) is 62.4 Å². The van der Waals surface area contributed by atoms with E-state index in [9.17, 15) is 9.59 Å². The van der Waals surface area contributed by atoms with Gasteiger partial charge in [-0.3, -0.25) is 9.59 Å². The maximum absolute atomic E-state index is 12.4. The lowest BCUT2D eigenvalue weighted by Crippen LogP contribution is -2.44. The fourth-order valence-corrected chi connectivity index (χ4v) is 2.31. The van der Waals surface area contributed by atoms with Gasteiger partial charge in [-0.05, 0) is 24.1 Å². The fraction of sp³-hybridized carbons (Fsp3) is 0.263. The van der Waals surface area contributed by atoms with Gasteiger partial charge in [0.2, 0.25) is 0 Å². The summed E-state index contributed by atoms with van der Waals surface area (Å²) in [5, 5.41) is 2.87. The van der Waals surface area contributed by atoms with Gasteiger partial charge in [0.05, 0.1) is 6.04 Å². The van der Waals surface area contributed by atoms with Gasteiger partial charge in [-0.15, -0.1) is 0 Å². The molecule has 0 unspecified atom stereocenters. The third kappa shape index (κ3) is 4.29. The highest BCUT2D eigenvalue weighted by Crippen LogP contribution is 2.09. The highest BCUT2D eigenvalue weighted by Gasteiger charge is 2.23. The van der Waals surface area contributed by atoms with E-state index in [1.165, 1.54) is 0 Å². The Morgan fingerprint density at radius 2 is 1.45 bits per heavy atom. The van der Waals surface area contributed by atoms with E-state index in [4.69, 9.17) is 0 Å². The molecule has 1 amide bonds. The van der Waals surface area contributed by atoms with Crippen molar-refractivity contribution in [3.05, 3.63) is 71.8 Å². The second-order valence-corrected chi connectivity index (χ2v) is 5.64. The van der Waals surface area contributed by atoms with Crippen molar-refractivity contribution in [2.45, 2.75) is 26.3 Å². The number of nitrogens with one attached hydrogen (secondary N) is 1. The van der Waals surface area contributed by atoms with Crippen LogP contribution in [0.1, 0.15) is 29.8 Å². The van der Waals surface area contributed by atoms with Crippen molar-refractivity contribution in [1.29, 1.82) is 0 Å². The second-order valence-electron chi connectivity index (χ2n) is 5.64. The molecule has 0 saturated heterocycles. The molecule has 0 saturated carbocycles. The standard InChI is InChI=1S/C19H21NO2/c1-14(2)18(21)17(13-15-9-5-3-6-10-15)20-19(22)16-11-7-4-8-12-16/h3-12,14,17H,13H2,1-2H3,(H,20,22)/t17-/m0/s1. The Morgan fingerprint density at radius 3 is 2.00 bits per heavy atom. The SMILES string of the molecule is CC(C)C(=O)[C@H](Cc1ccccc1)NC(=O)c1ccccc1. The topological polar surface area (TPSA) is 46.2 Å². The van der Waals surface area contributed by atoms with Crippen LogP contribution in [0.5, 0.6) is 0 Å². The first-order valence-electron chi connectivity index (χ1n) is 7.51. The zero-order valence-corrected chi connectivity index (χ0v) is 13.0. The van der Waals surface area contributed by atoms with E-state index in [0.717, 1.165) is 5.56 Å². The van der Waals surface area contributed by atoms with Crippen LogP contribution in [0.15, 0.2) is 60.7 Å². The van der Waals surface area contributed by atoms with Crippen LogP contribution in [0.4, 0.5) is 0 Å². The number of hydrogen-bond acceptors (Lipinski definition) is 2. The summed E-state index contributed by atoms with van der Waals surface area (Å²) in [6.45, 7) is 3.71. The molecule has 2 aromatic rings. The number of rotatable bonds is 6. The van der Waals surface area contributed by atoms with E-state index in [1.807, 2.05) is 62.4 Å². The van der Waals surface area contributed by atoms with Gasteiger partial charge in [0.25, 0.3) is 5.91 Å². The van der Waals surface area contributed by atoms with Crippen LogP contribution in [0.2, 0.25) is 0 Å². The van der Waals surface area contributed by atoms with E-state index in [1.54, 1.807) is 12.1 Å². The summed E-state index contributed by atoms with van der Waals surface area (Å²) in [7, 11) is 0. The lowest BCUT2D eigenvalue weighted by Gasteiger charge is -2.20. The zero-order valence-electron chi connectivity index (χ0n) is 13.0. The predicted octanol–water partition coefficient (Wildman–Crippen LogP) is 3.25. The van der Waals surface area contributed by atoms with Gasteiger partial charge < -0.3 is 5.32 Å². The molecule has 0 spiro atoms. The molecule has 0 bridgehead atoms. The lowest BCUT2D eigenvalue weighted by molar-refractivity contribution is -0.123. The number of ketones is 1. The van der Waals surface area contributed by atoms with Gasteiger partial charge in [0.15, 0.2) is 5.78 Å². The smallest absolute Gasteiger partial charge is 0.251 e. The number of amides is 1. The second kappa shape index (κ2) is 7.55. The van der Waals surface area contributed by atoms with Crippen molar-refractivity contribution in [2.75, 3.05) is 0 Å². The molecular formula is C19H21NO2. The Morgan fingerprint density at radius 1 is 0.909 bits per heavy atom. The van der Waals surface area contributed by atoms with Crippen molar-refractivity contribution in [3.63, 3.8) is 0 Å². The summed E-state index contributed by atoms with van der Waals surface area (Å²) in [6, 6.07) is 18.2. The van der Waals surface area contributed by atoms with Crippen molar-refractivity contribution in [2.24, 2.45) is 5.92 Å². The maximum atomic E-state index is 12.4. The minimum Gasteiger partial charge on any atom is -0.342 e. The Balaban J connectivity index is 2.14. The van der Waals surface area contributed by atoms with Gasteiger partial charge in [-0.2, -0.15) is 0 Å². The molecule has 114 valence electrons.